The van der Waals surface area contributed by atoms with Crippen molar-refractivity contribution in [3.63, 3.8) is 0 Å². The second-order valence-corrected chi connectivity index (χ2v) is 3.83. The van der Waals surface area contributed by atoms with Crippen molar-refractivity contribution in [2.45, 2.75) is 25.3 Å². The summed E-state index contributed by atoms with van der Waals surface area (Å²) in [6.07, 6.45) is 3.74. The Hall–Kier alpha value is -0.550. The van der Waals surface area contributed by atoms with Gasteiger partial charge >= 0.3 is 0 Å². The molecule has 60 valence electrons. The van der Waals surface area contributed by atoms with Crippen LogP contribution in [0.2, 0.25) is 0 Å². The van der Waals surface area contributed by atoms with Gasteiger partial charge in [-0.15, -0.1) is 0 Å². The van der Waals surface area contributed by atoms with Crippen LogP contribution in [-0.4, -0.2) is 24.5 Å². The lowest BCUT2D eigenvalue weighted by Crippen LogP contribution is -2.31. The maximum atomic E-state index is 8.85. The van der Waals surface area contributed by atoms with Crippen LogP contribution in [0, 0.1) is 23.2 Å². The first-order valence-corrected chi connectivity index (χ1v) is 4.43. The third-order valence-electron chi connectivity index (χ3n) is 3.27. The molecule has 3 atom stereocenters. The summed E-state index contributed by atoms with van der Waals surface area (Å²) in [7, 11) is 2.15. The fourth-order valence-corrected chi connectivity index (χ4v) is 2.71. The van der Waals surface area contributed by atoms with E-state index in [0.29, 0.717) is 12.0 Å². The van der Waals surface area contributed by atoms with Crippen LogP contribution in [0.3, 0.4) is 0 Å². The first kappa shape index (κ1) is 7.12. The standard InChI is InChI=1S/C9H14N2/c1-11-5-4-7-2-3-8(6-10)9(7)11/h7-9H,2-5H2,1H3/t7-,8-,9+/m1/s1. The Kier molecular flexibility index (Phi) is 1.61. The van der Waals surface area contributed by atoms with Gasteiger partial charge in [0.05, 0.1) is 12.0 Å². The molecule has 0 bridgehead atoms. The molecule has 11 heavy (non-hydrogen) atoms. The average Bonchev–Trinajstić information content (AvgIpc) is 2.54. The summed E-state index contributed by atoms with van der Waals surface area (Å²) in [4.78, 5) is 2.37. The van der Waals surface area contributed by atoms with E-state index in [-0.39, 0.29) is 0 Å². The van der Waals surface area contributed by atoms with Crippen molar-refractivity contribution in [1.82, 2.24) is 4.90 Å². The summed E-state index contributed by atoms with van der Waals surface area (Å²) in [6.45, 7) is 1.20. The molecule has 1 saturated carbocycles. The van der Waals surface area contributed by atoms with Crippen molar-refractivity contribution >= 4 is 0 Å². The number of hydrogen-bond donors (Lipinski definition) is 0. The number of hydrogen-bond acceptors (Lipinski definition) is 2. The van der Waals surface area contributed by atoms with Gasteiger partial charge in [-0.2, -0.15) is 5.26 Å². The molecule has 0 aromatic rings. The van der Waals surface area contributed by atoms with E-state index in [9.17, 15) is 0 Å². The quantitative estimate of drug-likeness (QED) is 0.519. The smallest absolute Gasteiger partial charge is 0.0672 e. The van der Waals surface area contributed by atoms with E-state index in [0.717, 1.165) is 12.3 Å². The molecular formula is C9H14N2. The Morgan fingerprint density at radius 2 is 2.18 bits per heavy atom. The van der Waals surface area contributed by atoms with Crippen LogP contribution < -0.4 is 0 Å². The van der Waals surface area contributed by atoms with Crippen LogP contribution in [0.15, 0.2) is 0 Å². The maximum Gasteiger partial charge on any atom is 0.0672 e. The molecule has 0 N–H and O–H groups in total. The highest BCUT2D eigenvalue weighted by Gasteiger charge is 2.42. The number of nitriles is 1. The average molecular weight is 150 g/mol. The van der Waals surface area contributed by atoms with Gasteiger partial charge in [-0.25, -0.2) is 0 Å². The molecule has 2 nitrogen and oxygen atoms in total. The number of rotatable bonds is 0. The van der Waals surface area contributed by atoms with E-state index in [1.165, 1.54) is 19.4 Å². The van der Waals surface area contributed by atoms with E-state index in [1.54, 1.807) is 0 Å². The monoisotopic (exact) mass is 150 g/mol. The molecule has 0 spiro atoms. The summed E-state index contributed by atoms with van der Waals surface area (Å²) in [5.41, 5.74) is 0. The largest absolute Gasteiger partial charge is 0.302 e. The molecule has 0 aromatic heterocycles. The summed E-state index contributed by atoms with van der Waals surface area (Å²) in [5.74, 6) is 1.16. The molecular weight excluding hydrogens is 136 g/mol. The summed E-state index contributed by atoms with van der Waals surface area (Å²) < 4.78 is 0. The molecule has 2 heteroatoms. The SMILES string of the molecule is CN1CC[C@H]2CC[C@H](C#N)[C@H]21. The second-order valence-electron chi connectivity index (χ2n) is 3.83. The Morgan fingerprint density at radius 3 is 2.91 bits per heavy atom. The van der Waals surface area contributed by atoms with Crippen LogP contribution in [0.5, 0.6) is 0 Å². The minimum atomic E-state index is 0.326. The lowest BCUT2D eigenvalue weighted by Gasteiger charge is -2.20. The van der Waals surface area contributed by atoms with Gasteiger partial charge in [0.15, 0.2) is 0 Å². The van der Waals surface area contributed by atoms with Crippen LogP contribution in [-0.2, 0) is 0 Å². The lowest BCUT2D eigenvalue weighted by molar-refractivity contribution is 0.263. The Balaban J connectivity index is 2.15. The third kappa shape index (κ3) is 0.954. The topological polar surface area (TPSA) is 27.0 Å². The number of likely N-dealkylation sites (tertiary alicyclic amines) is 1. The molecule has 2 rings (SSSR count). The van der Waals surface area contributed by atoms with Gasteiger partial charge in [0.1, 0.15) is 0 Å². The molecule has 0 radical (unpaired) electrons. The number of nitrogens with zero attached hydrogens (tertiary/aromatic N) is 2. The Bertz CT molecular complexity index is 194. The Labute approximate surface area is 67.8 Å². The Morgan fingerprint density at radius 1 is 1.36 bits per heavy atom. The van der Waals surface area contributed by atoms with E-state index in [1.807, 2.05) is 0 Å². The van der Waals surface area contributed by atoms with Gasteiger partial charge in [-0.3, -0.25) is 0 Å². The number of fused-ring (bicyclic) bond motifs is 1. The minimum absolute atomic E-state index is 0.326. The maximum absolute atomic E-state index is 8.85. The normalized spacial score (nSPS) is 43.8. The second kappa shape index (κ2) is 2.49. The van der Waals surface area contributed by atoms with Crippen LogP contribution in [0.4, 0.5) is 0 Å². The molecule has 2 aliphatic rings. The fourth-order valence-electron chi connectivity index (χ4n) is 2.71. The zero-order valence-electron chi connectivity index (χ0n) is 6.95. The van der Waals surface area contributed by atoms with E-state index >= 15 is 0 Å². The molecule has 1 saturated heterocycles. The molecule has 1 aliphatic heterocycles. The van der Waals surface area contributed by atoms with Crippen molar-refractivity contribution < 1.29 is 0 Å². The van der Waals surface area contributed by atoms with Crippen molar-refractivity contribution in [2.75, 3.05) is 13.6 Å². The summed E-state index contributed by atoms with van der Waals surface area (Å²) in [6, 6.07) is 3.02. The predicted octanol–water partition coefficient (Wildman–Crippen LogP) is 1.24. The van der Waals surface area contributed by atoms with Gasteiger partial charge in [0.2, 0.25) is 0 Å². The van der Waals surface area contributed by atoms with Crippen molar-refractivity contribution in [3.05, 3.63) is 0 Å². The molecule has 0 aromatic carbocycles. The van der Waals surface area contributed by atoms with Gasteiger partial charge < -0.3 is 4.90 Å². The molecule has 0 unspecified atom stereocenters. The lowest BCUT2D eigenvalue weighted by atomic mass is 10.0. The first-order chi connectivity index (χ1) is 5.33. The van der Waals surface area contributed by atoms with Crippen molar-refractivity contribution in [2.24, 2.45) is 11.8 Å². The van der Waals surface area contributed by atoms with Crippen molar-refractivity contribution in [1.29, 1.82) is 5.26 Å². The first-order valence-electron chi connectivity index (χ1n) is 4.43. The fraction of sp³-hybridized carbons (Fsp3) is 0.889. The highest BCUT2D eigenvalue weighted by atomic mass is 15.2. The zero-order chi connectivity index (χ0) is 7.84. The molecule has 1 heterocycles. The molecule has 1 aliphatic carbocycles. The van der Waals surface area contributed by atoms with Crippen LogP contribution in [0.25, 0.3) is 0 Å². The van der Waals surface area contributed by atoms with Crippen LogP contribution >= 0.6 is 0 Å². The van der Waals surface area contributed by atoms with Crippen LogP contribution in [0.1, 0.15) is 19.3 Å². The van der Waals surface area contributed by atoms with Gasteiger partial charge in [0, 0.05) is 6.04 Å². The zero-order valence-corrected chi connectivity index (χ0v) is 6.95. The van der Waals surface area contributed by atoms with E-state index < -0.39 is 0 Å². The molecule has 2 fully saturated rings. The van der Waals surface area contributed by atoms with Gasteiger partial charge in [-0.05, 0) is 38.8 Å². The highest BCUT2D eigenvalue weighted by Crippen LogP contribution is 2.40. The summed E-state index contributed by atoms with van der Waals surface area (Å²) >= 11 is 0. The van der Waals surface area contributed by atoms with Gasteiger partial charge in [0.25, 0.3) is 0 Å². The highest BCUT2D eigenvalue weighted by molar-refractivity contribution is 5.03. The summed E-state index contributed by atoms with van der Waals surface area (Å²) in [5, 5.41) is 8.85. The third-order valence-corrected chi connectivity index (χ3v) is 3.27. The van der Waals surface area contributed by atoms with E-state index in [2.05, 4.69) is 18.0 Å². The van der Waals surface area contributed by atoms with Crippen molar-refractivity contribution in [3.8, 4) is 6.07 Å². The minimum Gasteiger partial charge on any atom is -0.302 e. The molecule has 0 amide bonds. The predicted molar refractivity (Wildman–Crippen MR) is 42.9 cm³/mol. The van der Waals surface area contributed by atoms with E-state index in [4.69, 9.17) is 5.26 Å². The van der Waals surface area contributed by atoms with Gasteiger partial charge in [-0.1, -0.05) is 0 Å².